The molecule has 106 valence electrons. The van der Waals surface area contributed by atoms with Crippen LogP contribution in [0.5, 0.6) is 0 Å². The van der Waals surface area contributed by atoms with Gasteiger partial charge in [0, 0.05) is 17.0 Å². The molecule has 0 amide bonds. The second-order valence-electron chi connectivity index (χ2n) is 4.79. The minimum atomic E-state index is -0.962. The Hall–Kier alpha value is -2.40. The number of thiophene rings is 1. The fourth-order valence-electron chi connectivity index (χ4n) is 2.29. The Morgan fingerprint density at radius 3 is 2.71 bits per heavy atom. The molecule has 3 rings (SSSR count). The van der Waals surface area contributed by atoms with Gasteiger partial charge in [-0.05, 0) is 29.3 Å². The highest BCUT2D eigenvalue weighted by Crippen LogP contribution is 2.28. The van der Waals surface area contributed by atoms with Crippen LogP contribution in [-0.4, -0.2) is 16.1 Å². The van der Waals surface area contributed by atoms with Gasteiger partial charge in [0.2, 0.25) is 0 Å². The summed E-state index contributed by atoms with van der Waals surface area (Å²) in [5.74, 6) is -0.259. The zero-order valence-corrected chi connectivity index (χ0v) is 12.2. The van der Waals surface area contributed by atoms with Crippen LogP contribution < -0.4 is 5.32 Å². The topological polar surface area (TPSA) is 62.2 Å². The lowest BCUT2D eigenvalue weighted by Gasteiger charge is -2.15. The van der Waals surface area contributed by atoms with Crippen LogP contribution in [0.15, 0.2) is 47.3 Å². The largest absolute Gasteiger partial charge is 0.478 e. The fourth-order valence-corrected chi connectivity index (χ4v) is 3.04. The average Bonchev–Trinajstić information content (AvgIpc) is 3.01. The molecular formula is C16H14N2O2S. The van der Waals surface area contributed by atoms with E-state index in [1.54, 1.807) is 17.4 Å². The Morgan fingerprint density at radius 1 is 1.29 bits per heavy atom. The maximum absolute atomic E-state index is 11.3. The standard InChI is InChI=1S/C16H14N2O2S/c1-10(11-6-7-21-9-11)18-15-13-5-3-2-4-12(13)14(8-17-15)16(19)20/h2-10H,1H3,(H,17,18)(H,19,20). The number of fused-ring (bicyclic) bond motifs is 1. The van der Waals surface area contributed by atoms with Gasteiger partial charge >= 0.3 is 5.97 Å². The molecular weight excluding hydrogens is 284 g/mol. The molecule has 0 spiro atoms. The first-order chi connectivity index (χ1) is 10.2. The number of aromatic nitrogens is 1. The van der Waals surface area contributed by atoms with Gasteiger partial charge in [-0.3, -0.25) is 0 Å². The molecule has 0 radical (unpaired) electrons. The van der Waals surface area contributed by atoms with Gasteiger partial charge in [0.25, 0.3) is 0 Å². The maximum Gasteiger partial charge on any atom is 0.337 e. The van der Waals surface area contributed by atoms with E-state index < -0.39 is 5.97 Å². The number of anilines is 1. The van der Waals surface area contributed by atoms with Crippen LogP contribution in [0, 0.1) is 0 Å². The highest BCUT2D eigenvalue weighted by molar-refractivity contribution is 7.08. The third kappa shape index (κ3) is 2.60. The highest BCUT2D eigenvalue weighted by Gasteiger charge is 2.14. The number of hydrogen-bond acceptors (Lipinski definition) is 4. The first-order valence-electron chi connectivity index (χ1n) is 6.56. The van der Waals surface area contributed by atoms with Gasteiger partial charge in [-0.2, -0.15) is 11.3 Å². The summed E-state index contributed by atoms with van der Waals surface area (Å²) in [6.07, 6.45) is 1.41. The van der Waals surface area contributed by atoms with Crippen LogP contribution in [0.1, 0.15) is 28.9 Å². The van der Waals surface area contributed by atoms with Crippen molar-refractivity contribution in [2.75, 3.05) is 5.32 Å². The number of carboxylic acid groups (broad SMARTS) is 1. The summed E-state index contributed by atoms with van der Waals surface area (Å²) in [6.45, 7) is 2.06. The van der Waals surface area contributed by atoms with E-state index in [0.29, 0.717) is 11.2 Å². The zero-order chi connectivity index (χ0) is 14.8. The summed E-state index contributed by atoms with van der Waals surface area (Å²) in [5.41, 5.74) is 1.41. The van der Waals surface area contributed by atoms with E-state index in [0.717, 1.165) is 5.39 Å². The van der Waals surface area contributed by atoms with Crippen LogP contribution in [-0.2, 0) is 0 Å². The monoisotopic (exact) mass is 298 g/mol. The lowest BCUT2D eigenvalue weighted by molar-refractivity contribution is 0.0698. The highest BCUT2D eigenvalue weighted by atomic mass is 32.1. The molecule has 4 nitrogen and oxygen atoms in total. The Morgan fingerprint density at radius 2 is 2.05 bits per heavy atom. The number of carboxylic acids is 1. The van der Waals surface area contributed by atoms with E-state index in [-0.39, 0.29) is 11.6 Å². The van der Waals surface area contributed by atoms with Gasteiger partial charge in [0.15, 0.2) is 0 Å². The summed E-state index contributed by atoms with van der Waals surface area (Å²) in [7, 11) is 0. The van der Waals surface area contributed by atoms with Gasteiger partial charge in [0.1, 0.15) is 5.82 Å². The third-order valence-electron chi connectivity index (χ3n) is 3.42. The molecule has 5 heteroatoms. The van der Waals surface area contributed by atoms with E-state index in [2.05, 4.69) is 28.7 Å². The van der Waals surface area contributed by atoms with Crippen molar-refractivity contribution in [1.82, 2.24) is 4.98 Å². The molecule has 2 N–H and O–H groups in total. The van der Waals surface area contributed by atoms with Crippen LogP contribution in [0.3, 0.4) is 0 Å². The molecule has 2 aromatic heterocycles. The van der Waals surface area contributed by atoms with Crippen molar-refractivity contribution in [2.24, 2.45) is 0 Å². The quantitative estimate of drug-likeness (QED) is 0.759. The average molecular weight is 298 g/mol. The summed E-state index contributed by atoms with van der Waals surface area (Å²) in [5, 5.41) is 18.2. The Bertz CT molecular complexity index is 784. The molecule has 0 aliphatic rings. The van der Waals surface area contributed by atoms with E-state index in [9.17, 15) is 9.90 Å². The number of hydrogen-bond donors (Lipinski definition) is 2. The summed E-state index contributed by atoms with van der Waals surface area (Å²) >= 11 is 1.65. The lowest BCUT2D eigenvalue weighted by Crippen LogP contribution is -2.09. The lowest BCUT2D eigenvalue weighted by atomic mass is 10.1. The Labute approximate surface area is 126 Å². The minimum Gasteiger partial charge on any atom is -0.478 e. The number of aromatic carboxylic acids is 1. The predicted octanol–water partition coefficient (Wildman–Crippen LogP) is 4.17. The molecule has 0 saturated carbocycles. The van der Waals surface area contributed by atoms with Gasteiger partial charge in [0.05, 0.1) is 11.6 Å². The maximum atomic E-state index is 11.3. The number of pyridine rings is 1. The molecule has 3 aromatic rings. The van der Waals surface area contributed by atoms with Crippen LogP contribution in [0.2, 0.25) is 0 Å². The van der Waals surface area contributed by atoms with Crippen molar-refractivity contribution in [3.8, 4) is 0 Å². The zero-order valence-electron chi connectivity index (χ0n) is 11.4. The van der Waals surface area contributed by atoms with Gasteiger partial charge in [-0.25, -0.2) is 9.78 Å². The van der Waals surface area contributed by atoms with Crippen molar-refractivity contribution in [3.63, 3.8) is 0 Å². The van der Waals surface area contributed by atoms with Crippen molar-refractivity contribution < 1.29 is 9.90 Å². The molecule has 1 aromatic carbocycles. The van der Waals surface area contributed by atoms with Crippen molar-refractivity contribution in [3.05, 3.63) is 58.4 Å². The van der Waals surface area contributed by atoms with E-state index >= 15 is 0 Å². The molecule has 1 atom stereocenters. The molecule has 0 bridgehead atoms. The first-order valence-corrected chi connectivity index (χ1v) is 7.51. The number of rotatable bonds is 4. The minimum absolute atomic E-state index is 0.114. The van der Waals surface area contributed by atoms with Crippen LogP contribution in [0.25, 0.3) is 10.8 Å². The van der Waals surface area contributed by atoms with Crippen LogP contribution in [0.4, 0.5) is 5.82 Å². The van der Waals surface area contributed by atoms with E-state index in [1.807, 2.05) is 23.6 Å². The van der Waals surface area contributed by atoms with Crippen molar-refractivity contribution in [1.29, 1.82) is 0 Å². The molecule has 0 aliphatic heterocycles. The van der Waals surface area contributed by atoms with E-state index in [1.165, 1.54) is 11.8 Å². The molecule has 1 unspecified atom stereocenters. The number of benzene rings is 1. The molecule has 0 saturated heterocycles. The molecule has 0 fully saturated rings. The summed E-state index contributed by atoms with van der Waals surface area (Å²) < 4.78 is 0. The fraction of sp³-hybridized carbons (Fsp3) is 0.125. The number of carbonyl (C=O) groups is 1. The van der Waals surface area contributed by atoms with Gasteiger partial charge in [-0.15, -0.1) is 0 Å². The van der Waals surface area contributed by atoms with Crippen molar-refractivity contribution >= 4 is 33.9 Å². The Balaban J connectivity index is 2.04. The van der Waals surface area contributed by atoms with Gasteiger partial charge < -0.3 is 10.4 Å². The third-order valence-corrected chi connectivity index (χ3v) is 4.12. The molecule has 0 aliphatic carbocycles. The molecule has 21 heavy (non-hydrogen) atoms. The number of nitrogens with zero attached hydrogens (tertiary/aromatic N) is 1. The summed E-state index contributed by atoms with van der Waals surface area (Å²) in [6, 6.07) is 9.59. The van der Waals surface area contributed by atoms with Crippen molar-refractivity contribution in [2.45, 2.75) is 13.0 Å². The predicted molar refractivity (Wildman–Crippen MR) is 85.1 cm³/mol. The Kier molecular flexibility index (Phi) is 3.58. The SMILES string of the molecule is CC(Nc1ncc(C(=O)O)c2ccccc12)c1ccsc1. The molecule has 2 heterocycles. The second-order valence-corrected chi connectivity index (χ2v) is 5.57. The van der Waals surface area contributed by atoms with E-state index in [4.69, 9.17) is 0 Å². The normalized spacial score (nSPS) is 12.2. The number of nitrogens with one attached hydrogen (secondary N) is 1. The van der Waals surface area contributed by atoms with Crippen LogP contribution >= 0.6 is 11.3 Å². The summed E-state index contributed by atoms with van der Waals surface area (Å²) in [4.78, 5) is 15.6. The first kappa shape index (κ1) is 13.6. The van der Waals surface area contributed by atoms with Gasteiger partial charge in [-0.1, -0.05) is 24.3 Å². The smallest absolute Gasteiger partial charge is 0.337 e. The second kappa shape index (κ2) is 5.54.